The van der Waals surface area contributed by atoms with Crippen molar-refractivity contribution < 1.29 is 14.3 Å². The van der Waals surface area contributed by atoms with Crippen LogP contribution in [0.5, 0.6) is 0 Å². The lowest BCUT2D eigenvalue weighted by molar-refractivity contribution is -0.115. The Bertz CT molecular complexity index is 716. The molecule has 0 saturated heterocycles. The largest absolute Gasteiger partial charge is 0.465 e. The van der Waals surface area contributed by atoms with Crippen molar-refractivity contribution in [2.24, 2.45) is 0 Å². The number of hydrogen-bond donors (Lipinski definition) is 1. The lowest BCUT2D eigenvalue weighted by Crippen LogP contribution is -2.38. The highest BCUT2D eigenvalue weighted by Crippen LogP contribution is 2.29. The molecule has 0 atom stereocenters. The maximum Gasteiger partial charge on any atom is 0.339 e. The van der Waals surface area contributed by atoms with Crippen LogP contribution in [0.1, 0.15) is 15.9 Å². The number of carbonyl (C=O) groups excluding carboxylic acids is 2. The van der Waals surface area contributed by atoms with Crippen LogP contribution in [0.4, 0.5) is 11.5 Å². The van der Waals surface area contributed by atoms with Crippen molar-refractivity contribution in [1.29, 1.82) is 0 Å². The molecular formula is C16H15N3O3. The Morgan fingerprint density at radius 3 is 2.86 bits per heavy atom. The van der Waals surface area contributed by atoms with Crippen molar-refractivity contribution >= 4 is 23.4 Å². The van der Waals surface area contributed by atoms with Crippen LogP contribution in [0.3, 0.4) is 0 Å². The second-order valence-electron chi connectivity index (χ2n) is 4.98. The SMILES string of the molecule is COC(=O)c1cnc2c(c1)NC(=O)CN2Cc1ccccc1. The Hall–Kier alpha value is -2.89. The van der Waals surface area contributed by atoms with Crippen molar-refractivity contribution in [3.05, 3.63) is 53.7 Å². The van der Waals surface area contributed by atoms with Gasteiger partial charge in [-0.3, -0.25) is 4.79 Å². The Morgan fingerprint density at radius 2 is 2.14 bits per heavy atom. The van der Waals surface area contributed by atoms with E-state index in [0.717, 1.165) is 5.56 Å². The molecule has 1 aromatic heterocycles. The van der Waals surface area contributed by atoms with Crippen LogP contribution in [0, 0.1) is 0 Å². The molecule has 6 heteroatoms. The smallest absolute Gasteiger partial charge is 0.339 e. The third kappa shape index (κ3) is 2.76. The standard InChI is InChI=1S/C16H15N3O3/c1-22-16(21)12-7-13-15(17-8-12)19(10-14(20)18-13)9-11-5-3-2-4-6-11/h2-8H,9-10H2,1H3,(H,18,20). The van der Waals surface area contributed by atoms with Gasteiger partial charge in [0.2, 0.25) is 5.91 Å². The van der Waals surface area contributed by atoms with Gasteiger partial charge in [0.15, 0.2) is 5.82 Å². The lowest BCUT2D eigenvalue weighted by Gasteiger charge is -2.29. The summed E-state index contributed by atoms with van der Waals surface area (Å²) in [6, 6.07) is 11.4. The predicted octanol–water partition coefficient (Wildman–Crippen LogP) is 1.83. The van der Waals surface area contributed by atoms with E-state index >= 15 is 0 Å². The zero-order valence-electron chi connectivity index (χ0n) is 12.1. The van der Waals surface area contributed by atoms with E-state index in [1.54, 1.807) is 6.07 Å². The molecule has 1 aliphatic heterocycles. The summed E-state index contributed by atoms with van der Waals surface area (Å²) in [6.45, 7) is 0.804. The summed E-state index contributed by atoms with van der Waals surface area (Å²) in [5.41, 5.74) is 1.92. The number of rotatable bonds is 3. The molecule has 0 bridgehead atoms. The summed E-state index contributed by atoms with van der Waals surface area (Å²) in [4.78, 5) is 29.6. The van der Waals surface area contributed by atoms with Crippen molar-refractivity contribution in [2.75, 3.05) is 23.9 Å². The molecule has 1 aliphatic rings. The number of pyridine rings is 1. The van der Waals surface area contributed by atoms with Gasteiger partial charge in [-0.1, -0.05) is 30.3 Å². The topological polar surface area (TPSA) is 71.5 Å². The third-order valence-electron chi connectivity index (χ3n) is 3.41. The minimum absolute atomic E-state index is 0.132. The highest BCUT2D eigenvalue weighted by molar-refractivity contribution is 6.02. The maximum absolute atomic E-state index is 11.9. The number of methoxy groups -OCH3 is 1. The maximum atomic E-state index is 11.9. The minimum Gasteiger partial charge on any atom is -0.465 e. The number of nitrogens with zero attached hydrogens (tertiary/aromatic N) is 2. The summed E-state index contributed by atoms with van der Waals surface area (Å²) in [5, 5.41) is 2.74. The minimum atomic E-state index is -0.482. The number of ether oxygens (including phenoxy) is 1. The highest BCUT2D eigenvalue weighted by atomic mass is 16.5. The zero-order valence-corrected chi connectivity index (χ0v) is 12.1. The van der Waals surface area contributed by atoms with Crippen LogP contribution in [-0.4, -0.2) is 30.5 Å². The molecule has 0 spiro atoms. The van der Waals surface area contributed by atoms with E-state index < -0.39 is 5.97 Å². The number of aromatic nitrogens is 1. The van der Waals surface area contributed by atoms with E-state index in [4.69, 9.17) is 0 Å². The molecule has 1 aromatic carbocycles. The first-order valence-corrected chi connectivity index (χ1v) is 6.84. The van der Waals surface area contributed by atoms with E-state index in [0.29, 0.717) is 23.6 Å². The number of esters is 1. The average molecular weight is 297 g/mol. The van der Waals surface area contributed by atoms with Gasteiger partial charge in [-0.05, 0) is 11.6 Å². The van der Waals surface area contributed by atoms with Crippen molar-refractivity contribution in [2.45, 2.75) is 6.54 Å². The predicted molar refractivity (Wildman–Crippen MR) is 81.7 cm³/mol. The van der Waals surface area contributed by atoms with Gasteiger partial charge >= 0.3 is 5.97 Å². The quantitative estimate of drug-likeness (QED) is 0.875. The molecule has 22 heavy (non-hydrogen) atoms. The van der Waals surface area contributed by atoms with Crippen LogP contribution in [-0.2, 0) is 16.1 Å². The summed E-state index contributed by atoms with van der Waals surface area (Å²) in [5.74, 6) is 0.0353. The second kappa shape index (κ2) is 5.85. The number of nitrogens with one attached hydrogen (secondary N) is 1. The van der Waals surface area contributed by atoms with E-state index in [1.165, 1.54) is 13.3 Å². The van der Waals surface area contributed by atoms with E-state index in [1.807, 2.05) is 35.2 Å². The Labute approximate surface area is 127 Å². The van der Waals surface area contributed by atoms with Gasteiger partial charge in [0.25, 0.3) is 0 Å². The van der Waals surface area contributed by atoms with Gasteiger partial charge in [0.05, 0.1) is 24.9 Å². The van der Waals surface area contributed by atoms with E-state index in [2.05, 4.69) is 15.0 Å². The number of carbonyl (C=O) groups is 2. The van der Waals surface area contributed by atoms with Crippen molar-refractivity contribution in [3.8, 4) is 0 Å². The molecule has 3 rings (SSSR count). The number of hydrogen-bond acceptors (Lipinski definition) is 5. The van der Waals surface area contributed by atoms with Gasteiger partial charge in [-0.15, -0.1) is 0 Å². The zero-order chi connectivity index (χ0) is 15.5. The fourth-order valence-corrected chi connectivity index (χ4v) is 2.40. The monoisotopic (exact) mass is 297 g/mol. The Kier molecular flexibility index (Phi) is 3.74. The molecule has 0 unspecified atom stereocenters. The van der Waals surface area contributed by atoms with Crippen LogP contribution in [0.25, 0.3) is 0 Å². The van der Waals surface area contributed by atoms with Crippen LogP contribution in [0.15, 0.2) is 42.6 Å². The van der Waals surface area contributed by atoms with E-state index in [9.17, 15) is 9.59 Å². The van der Waals surface area contributed by atoms with Gasteiger partial charge in [0, 0.05) is 12.7 Å². The summed E-state index contributed by atoms with van der Waals surface area (Å²) >= 11 is 0. The fraction of sp³-hybridized carbons (Fsp3) is 0.188. The van der Waals surface area contributed by atoms with Gasteiger partial charge in [-0.25, -0.2) is 9.78 Å². The molecule has 0 radical (unpaired) electrons. The van der Waals surface area contributed by atoms with Gasteiger partial charge in [-0.2, -0.15) is 0 Å². The Morgan fingerprint density at radius 1 is 1.36 bits per heavy atom. The molecule has 2 aromatic rings. The third-order valence-corrected chi connectivity index (χ3v) is 3.41. The molecule has 6 nitrogen and oxygen atoms in total. The first kappa shape index (κ1) is 14.1. The molecule has 0 saturated carbocycles. The first-order valence-electron chi connectivity index (χ1n) is 6.84. The number of benzene rings is 1. The number of fused-ring (bicyclic) bond motifs is 1. The highest BCUT2D eigenvalue weighted by Gasteiger charge is 2.24. The fourth-order valence-electron chi connectivity index (χ4n) is 2.40. The number of anilines is 2. The summed E-state index contributed by atoms with van der Waals surface area (Å²) < 4.78 is 4.67. The molecule has 0 aliphatic carbocycles. The normalized spacial score (nSPS) is 13.3. The molecule has 0 fully saturated rings. The molecular weight excluding hydrogens is 282 g/mol. The van der Waals surface area contributed by atoms with Crippen LogP contribution < -0.4 is 10.2 Å². The Balaban J connectivity index is 1.92. The molecule has 1 N–H and O–H groups in total. The molecule has 112 valence electrons. The van der Waals surface area contributed by atoms with Crippen LogP contribution >= 0.6 is 0 Å². The van der Waals surface area contributed by atoms with E-state index in [-0.39, 0.29) is 12.5 Å². The van der Waals surface area contributed by atoms with Crippen molar-refractivity contribution in [3.63, 3.8) is 0 Å². The van der Waals surface area contributed by atoms with Crippen LogP contribution in [0.2, 0.25) is 0 Å². The van der Waals surface area contributed by atoms with Gasteiger partial charge < -0.3 is 15.0 Å². The second-order valence-corrected chi connectivity index (χ2v) is 4.98. The van der Waals surface area contributed by atoms with Crippen molar-refractivity contribution in [1.82, 2.24) is 4.98 Å². The first-order chi connectivity index (χ1) is 10.7. The lowest BCUT2D eigenvalue weighted by atomic mass is 10.1. The molecule has 1 amide bonds. The average Bonchev–Trinajstić information content (AvgIpc) is 2.54. The number of amides is 1. The summed E-state index contributed by atoms with van der Waals surface area (Å²) in [6.07, 6.45) is 1.46. The van der Waals surface area contributed by atoms with Gasteiger partial charge in [0.1, 0.15) is 0 Å². The summed E-state index contributed by atoms with van der Waals surface area (Å²) in [7, 11) is 1.31. The molecule has 2 heterocycles.